The fourth-order valence-electron chi connectivity index (χ4n) is 6.73. The third kappa shape index (κ3) is 4.31. The van der Waals surface area contributed by atoms with E-state index in [1.165, 1.54) is 30.9 Å². The molecule has 0 fully saturated rings. The molecule has 224 valence electrons. The van der Waals surface area contributed by atoms with Crippen LogP contribution in [0, 0.1) is 0 Å². The lowest BCUT2D eigenvalue weighted by atomic mass is 9.95. The number of nitrogens with zero attached hydrogens (tertiary/aromatic N) is 4. The van der Waals surface area contributed by atoms with Gasteiger partial charge in [-0.2, -0.15) is 0 Å². The molecule has 5 nitrogen and oxygen atoms in total. The molecule has 0 unspecified atom stereocenters. The average Bonchev–Trinajstić information content (AvgIpc) is 3.72. The quantitative estimate of drug-likeness (QED) is 0.193. The summed E-state index contributed by atoms with van der Waals surface area (Å²) >= 11 is 1.83. The number of hydrogen-bond acceptors (Lipinski definition) is 6. The molecule has 0 saturated heterocycles. The van der Waals surface area contributed by atoms with Crippen molar-refractivity contribution in [3.8, 4) is 45.3 Å². The SMILES string of the molecule is c1ccc(-c2nc(-c3ccccc3)nc(-c3cc(-c4cccc5sc6cc7ccccc7cc6c45)cc4oc5cccnc5c34)n2)cc1. The van der Waals surface area contributed by atoms with E-state index in [0.717, 1.165) is 49.9 Å². The van der Waals surface area contributed by atoms with Crippen LogP contribution in [0.3, 0.4) is 0 Å². The van der Waals surface area contributed by atoms with Crippen LogP contribution in [-0.2, 0) is 0 Å². The van der Waals surface area contributed by atoms with Gasteiger partial charge in [0, 0.05) is 43.1 Å². The van der Waals surface area contributed by atoms with Crippen molar-refractivity contribution in [2.75, 3.05) is 0 Å². The molecule has 0 aliphatic rings. The Bertz CT molecular complexity index is 2780. The lowest BCUT2D eigenvalue weighted by molar-refractivity contribution is 0.668. The van der Waals surface area contributed by atoms with Gasteiger partial charge in [-0.3, -0.25) is 4.98 Å². The van der Waals surface area contributed by atoms with Crippen LogP contribution in [0.25, 0.3) is 98.3 Å². The molecule has 0 aliphatic carbocycles. The van der Waals surface area contributed by atoms with Crippen molar-refractivity contribution < 1.29 is 4.42 Å². The predicted molar refractivity (Wildman–Crippen MR) is 197 cm³/mol. The van der Waals surface area contributed by atoms with Gasteiger partial charge < -0.3 is 4.42 Å². The highest BCUT2D eigenvalue weighted by Crippen LogP contribution is 2.44. The van der Waals surface area contributed by atoms with E-state index in [1.807, 2.05) is 84.1 Å². The molecule has 10 rings (SSSR count). The minimum atomic E-state index is 0.566. The maximum atomic E-state index is 6.51. The zero-order valence-corrected chi connectivity index (χ0v) is 26.3. The van der Waals surface area contributed by atoms with Gasteiger partial charge in [-0.25, -0.2) is 15.0 Å². The largest absolute Gasteiger partial charge is 0.454 e. The van der Waals surface area contributed by atoms with Crippen molar-refractivity contribution in [2.45, 2.75) is 0 Å². The molecule has 4 heterocycles. The fraction of sp³-hybridized carbons (Fsp3) is 0. The van der Waals surface area contributed by atoms with Crippen molar-refractivity contribution in [1.82, 2.24) is 19.9 Å². The molecule has 4 aromatic heterocycles. The van der Waals surface area contributed by atoms with E-state index in [1.54, 1.807) is 6.20 Å². The summed E-state index contributed by atoms with van der Waals surface area (Å²) in [4.78, 5) is 19.9. The summed E-state index contributed by atoms with van der Waals surface area (Å²) in [6.45, 7) is 0. The number of aromatic nitrogens is 4. The number of furan rings is 1. The first kappa shape index (κ1) is 26.9. The van der Waals surface area contributed by atoms with E-state index in [4.69, 9.17) is 24.4 Å². The lowest BCUT2D eigenvalue weighted by Gasteiger charge is -2.11. The van der Waals surface area contributed by atoms with E-state index in [9.17, 15) is 0 Å². The first-order chi connectivity index (χ1) is 23.8. The van der Waals surface area contributed by atoms with Crippen LogP contribution < -0.4 is 0 Å². The van der Waals surface area contributed by atoms with Crippen LogP contribution in [-0.4, -0.2) is 19.9 Å². The summed E-state index contributed by atoms with van der Waals surface area (Å²) in [6, 6.07) is 48.1. The van der Waals surface area contributed by atoms with Gasteiger partial charge in [-0.1, -0.05) is 97.1 Å². The molecule has 0 bridgehead atoms. The number of fused-ring (bicyclic) bond motifs is 7. The molecule has 0 saturated carbocycles. The Labute approximate surface area is 278 Å². The minimum absolute atomic E-state index is 0.566. The molecule has 0 N–H and O–H groups in total. The maximum absolute atomic E-state index is 6.51. The highest BCUT2D eigenvalue weighted by atomic mass is 32.1. The molecular formula is C42H24N4OS. The molecule has 6 aromatic carbocycles. The predicted octanol–water partition coefficient (Wildman–Crippen LogP) is 11.4. The van der Waals surface area contributed by atoms with Gasteiger partial charge >= 0.3 is 0 Å². The molecule has 0 atom stereocenters. The van der Waals surface area contributed by atoms with Gasteiger partial charge in [0.2, 0.25) is 0 Å². The normalized spacial score (nSPS) is 11.8. The third-order valence-electron chi connectivity index (χ3n) is 8.94. The van der Waals surface area contributed by atoms with E-state index < -0.39 is 0 Å². The van der Waals surface area contributed by atoms with Crippen molar-refractivity contribution in [3.05, 3.63) is 146 Å². The first-order valence-electron chi connectivity index (χ1n) is 15.8. The van der Waals surface area contributed by atoms with Crippen molar-refractivity contribution in [2.24, 2.45) is 0 Å². The van der Waals surface area contributed by atoms with Crippen LogP contribution in [0.1, 0.15) is 0 Å². The molecule has 0 aliphatic heterocycles. The van der Waals surface area contributed by atoms with Gasteiger partial charge in [-0.15, -0.1) is 11.3 Å². The number of thiophene rings is 1. The Morgan fingerprint density at radius 1 is 0.458 bits per heavy atom. The fourth-order valence-corrected chi connectivity index (χ4v) is 7.89. The standard InChI is InChI=1S/C42H24N4OS/c1-3-11-25(12-4-1)40-44-41(26-13-5-2-6-14-26)46-42(45-40)32-22-29(23-34-38(32)39-33(47-34)18-10-20-43-39)30-17-9-19-35-37(30)31-21-27-15-7-8-16-28(27)24-36(31)48-35/h1-24H. The number of benzene rings is 6. The Morgan fingerprint density at radius 2 is 1.15 bits per heavy atom. The molecule has 0 radical (unpaired) electrons. The topological polar surface area (TPSA) is 64.7 Å². The van der Waals surface area contributed by atoms with Gasteiger partial charge in [0.25, 0.3) is 0 Å². The highest BCUT2D eigenvalue weighted by molar-refractivity contribution is 7.26. The zero-order valence-electron chi connectivity index (χ0n) is 25.5. The van der Waals surface area contributed by atoms with E-state index in [-0.39, 0.29) is 0 Å². The van der Waals surface area contributed by atoms with E-state index >= 15 is 0 Å². The van der Waals surface area contributed by atoms with Crippen LogP contribution in [0.15, 0.2) is 150 Å². The van der Waals surface area contributed by atoms with Crippen LogP contribution in [0.4, 0.5) is 0 Å². The maximum Gasteiger partial charge on any atom is 0.164 e. The molecule has 0 spiro atoms. The minimum Gasteiger partial charge on any atom is -0.454 e. The molecule has 48 heavy (non-hydrogen) atoms. The smallest absolute Gasteiger partial charge is 0.164 e. The number of rotatable bonds is 4. The van der Waals surface area contributed by atoms with E-state index in [2.05, 4.69) is 66.7 Å². The summed E-state index contributed by atoms with van der Waals surface area (Å²) in [7, 11) is 0. The highest BCUT2D eigenvalue weighted by Gasteiger charge is 2.21. The Hall–Kier alpha value is -6.24. The summed E-state index contributed by atoms with van der Waals surface area (Å²) in [5.41, 5.74) is 7.08. The molecular weight excluding hydrogens is 609 g/mol. The van der Waals surface area contributed by atoms with Gasteiger partial charge in [-0.05, 0) is 64.4 Å². The van der Waals surface area contributed by atoms with Crippen molar-refractivity contribution in [1.29, 1.82) is 0 Å². The number of hydrogen-bond donors (Lipinski definition) is 0. The molecule has 6 heteroatoms. The Balaban J connectivity index is 1.29. The average molecular weight is 633 g/mol. The second-order valence-corrected chi connectivity index (χ2v) is 12.9. The lowest BCUT2D eigenvalue weighted by Crippen LogP contribution is -2.00. The third-order valence-corrected chi connectivity index (χ3v) is 10.1. The van der Waals surface area contributed by atoms with Gasteiger partial charge in [0.15, 0.2) is 23.1 Å². The monoisotopic (exact) mass is 632 g/mol. The zero-order chi connectivity index (χ0) is 31.6. The Morgan fingerprint density at radius 3 is 1.90 bits per heavy atom. The van der Waals surface area contributed by atoms with Crippen molar-refractivity contribution in [3.63, 3.8) is 0 Å². The van der Waals surface area contributed by atoms with Crippen LogP contribution in [0.2, 0.25) is 0 Å². The number of pyridine rings is 1. The Kier molecular flexibility index (Phi) is 5.98. The summed E-state index contributed by atoms with van der Waals surface area (Å²) in [5, 5.41) is 5.83. The first-order valence-corrected chi connectivity index (χ1v) is 16.6. The second kappa shape index (κ2) is 10.7. The van der Waals surface area contributed by atoms with Crippen LogP contribution >= 0.6 is 11.3 Å². The molecule has 0 amide bonds. The molecule has 10 aromatic rings. The second-order valence-electron chi connectivity index (χ2n) is 11.9. The van der Waals surface area contributed by atoms with Gasteiger partial charge in [0.05, 0.1) is 5.39 Å². The summed E-state index contributed by atoms with van der Waals surface area (Å²) < 4.78 is 9.02. The summed E-state index contributed by atoms with van der Waals surface area (Å²) in [6.07, 6.45) is 1.80. The van der Waals surface area contributed by atoms with E-state index in [0.29, 0.717) is 17.5 Å². The van der Waals surface area contributed by atoms with Crippen molar-refractivity contribution >= 4 is 64.4 Å². The summed E-state index contributed by atoms with van der Waals surface area (Å²) in [5.74, 6) is 1.78. The van der Waals surface area contributed by atoms with Gasteiger partial charge in [0.1, 0.15) is 11.1 Å². The van der Waals surface area contributed by atoms with Crippen LogP contribution in [0.5, 0.6) is 0 Å².